The lowest BCUT2D eigenvalue weighted by Gasteiger charge is -2.35. The summed E-state index contributed by atoms with van der Waals surface area (Å²) in [4.78, 5) is 12.4. The van der Waals surface area contributed by atoms with Gasteiger partial charge in [0.1, 0.15) is 5.75 Å². The molecule has 1 saturated heterocycles. The van der Waals surface area contributed by atoms with Crippen LogP contribution in [0.25, 0.3) is 0 Å². The van der Waals surface area contributed by atoms with Crippen LogP contribution >= 0.6 is 0 Å². The van der Waals surface area contributed by atoms with Crippen LogP contribution in [0.15, 0.2) is 84.9 Å². The van der Waals surface area contributed by atoms with Gasteiger partial charge in [-0.1, -0.05) is 78.9 Å². The highest BCUT2D eigenvalue weighted by molar-refractivity contribution is 5.77. The van der Waals surface area contributed by atoms with Crippen molar-refractivity contribution in [3.05, 3.63) is 102 Å². The van der Waals surface area contributed by atoms with Crippen LogP contribution in [0.5, 0.6) is 5.75 Å². The van der Waals surface area contributed by atoms with Crippen LogP contribution in [-0.2, 0) is 15.1 Å². The molecule has 0 bridgehead atoms. The van der Waals surface area contributed by atoms with Gasteiger partial charge in [0.2, 0.25) is 0 Å². The van der Waals surface area contributed by atoms with E-state index < -0.39 is 5.60 Å². The first-order chi connectivity index (χ1) is 12.2. The largest absolute Gasteiger partial charge is 0.508 e. The van der Waals surface area contributed by atoms with Crippen molar-refractivity contribution in [2.75, 3.05) is 0 Å². The fourth-order valence-electron chi connectivity index (χ4n) is 3.77. The summed E-state index contributed by atoms with van der Waals surface area (Å²) < 4.78 is 5.99. The van der Waals surface area contributed by atoms with E-state index in [9.17, 15) is 9.90 Å². The monoisotopic (exact) mass is 330 g/mol. The van der Waals surface area contributed by atoms with Gasteiger partial charge < -0.3 is 9.84 Å². The molecule has 3 aromatic rings. The Morgan fingerprint density at radius 1 is 0.800 bits per heavy atom. The number of ether oxygens (including phenoxy) is 1. The molecular weight excluding hydrogens is 312 g/mol. The van der Waals surface area contributed by atoms with Crippen molar-refractivity contribution < 1.29 is 14.6 Å². The SMILES string of the molecule is O=C1C[C@H](c2ccccc2O)C(c2ccccc2)(c2ccccc2)O1. The number of aromatic hydroxyl groups is 1. The van der Waals surface area contributed by atoms with E-state index in [1.54, 1.807) is 12.1 Å². The molecule has 1 atom stereocenters. The molecule has 3 nitrogen and oxygen atoms in total. The number of cyclic esters (lactones) is 1. The minimum Gasteiger partial charge on any atom is -0.508 e. The lowest BCUT2D eigenvalue weighted by Crippen LogP contribution is -2.33. The maximum absolute atomic E-state index is 12.4. The molecule has 1 aliphatic heterocycles. The molecule has 1 heterocycles. The second-order valence-corrected chi connectivity index (χ2v) is 6.26. The topological polar surface area (TPSA) is 46.5 Å². The average molecular weight is 330 g/mol. The molecule has 3 heteroatoms. The molecule has 0 radical (unpaired) electrons. The normalized spacial score (nSPS) is 18.7. The van der Waals surface area contributed by atoms with Crippen molar-refractivity contribution in [1.29, 1.82) is 0 Å². The van der Waals surface area contributed by atoms with Gasteiger partial charge in [-0.2, -0.15) is 0 Å². The zero-order valence-electron chi connectivity index (χ0n) is 13.6. The van der Waals surface area contributed by atoms with E-state index in [0.29, 0.717) is 0 Å². The average Bonchev–Trinajstić information content (AvgIpc) is 3.02. The van der Waals surface area contributed by atoms with E-state index in [-0.39, 0.29) is 24.1 Å². The predicted octanol–water partition coefficient (Wildman–Crippen LogP) is 4.37. The molecule has 25 heavy (non-hydrogen) atoms. The lowest BCUT2D eigenvalue weighted by molar-refractivity contribution is -0.146. The van der Waals surface area contributed by atoms with Gasteiger partial charge in [-0.3, -0.25) is 4.79 Å². The number of hydrogen-bond donors (Lipinski definition) is 1. The number of rotatable bonds is 3. The Hall–Kier alpha value is -3.07. The van der Waals surface area contributed by atoms with Crippen molar-refractivity contribution in [2.24, 2.45) is 0 Å². The highest BCUT2D eigenvalue weighted by Crippen LogP contribution is 2.53. The van der Waals surface area contributed by atoms with Gasteiger partial charge in [0, 0.05) is 22.6 Å². The zero-order valence-corrected chi connectivity index (χ0v) is 13.6. The smallest absolute Gasteiger partial charge is 0.307 e. The molecule has 0 amide bonds. The molecule has 0 aliphatic carbocycles. The number of hydrogen-bond acceptors (Lipinski definition) is 3. The summed E-state index contributed by atoms with van der Waals surface area (Å²) in [6.45, 7) is 0. The van der Waals surface area contributed by atoms with Crippen LogP contribution in [0.1, 0.15) is 29.0 Å². The van der Waals surface area contributed by atoms with Crippen LogP contribution in [0.4, 0.5) is 0 Å². The van der Waals surface area contributed by atoms with Gasteiger partial charge in [0.05, 0.1) is 6.42 Å². The quantitative estimate of drug-likeness (QED) is 0.726. The van der Waals surface area contributed by atoms with E-state index in [1.807, 2.05) is 72.8 Å². The van der Waals surface area contributed by atoms with Crippen LogP contribution in [0.3, 0.4) is 0 Å². The van der Waals surface area contributed by atoms with E-state index in [1.165, 1.54) is 0 Å². The first kappa shape index (κ1) is 15.5. The first-order valence-corrected chi connectivity index (χ1v) is 8.32. The van der Waals surface area contributed by atoms with Gasteiger partial charge in [-0.05, 0) is 6.07 Å². The number of esters is 1. The Labute approximate surface area is 146 Å². The van der Waals surface area contributed by atoms with E-state index in [2.05, 4.69) is 0 Å². The number of benzene rings is 3. The summed E-state index contributed by atoms with van der Waals surface area (Å²) in [7, 11) is 0. The minimum atomic E-state index is -0.946. The van der Waals surface area contributed by atoms with Crippen molar-refractivity contribution in [1.82, 2.24) is 0 Å². The molecule has 3 aromatic carbocycles. The summed E-state index contributed by atoms with van der Waals surface area (Å²) in [5, 5.41) is 10.4. The molecular formula is C22H18O3. The molecule has 0 saturated carbocycles. The number of para-hydroxylation sites is 1. The van der Waals surface area contributed by atoms with Gasteiger partial charge in [-0.15, -0.1) is 0 Å². The standard InChI is InChI=1S/C22H18O3/c23-20-14-8-7-13-18(20)19-15-21(24)25-22(19,16-9-3-1-4-10-16)17-11-5-2-6-12-17/h1-14,19,23H,15H2/t19-/m1/s1. The number of carbonyl (C=O) groups excluding carboxylic acids is 1. The van der Waals surface area contributed by atoms with E-state index >= 15 is 0 Å². The zero-order chi connectivity index (χ0) is 17.3. The second-order valence-electron chi connectivity index (χ2n) is 6.26. The third-order valence-electron chi connectivity index (χ3n) is 4.85. The van der Waals surface area contributed by atoms with Crippen molar-refractivity contribution in [2.45, 2.75) is 17.9 Å². The molecule has 1 aliphatic rings. The van der Waals surface area contributed by atoms with Gasteiger partial charge in [-0.25, -0.2) is 0 Å². The molecule has 1 fully saturated rings. The van der Waals surface area contributed by atoms with E-state index in [0.717, 1.165) is 16.7 Å². The third-order valence-corrected chi connectivity index (χ3v) is 4.85. The summed E-state index contributed by atoms with van der Waals surface area (Å²) in [6, 6.07) is 26.7. The van der Waals surface area contributed by atoms with Crippen LogP contribution in [0, 0.1) is 0 Å². The molecule has 4 rings (SSSR count). The second kappa shape index (κ2) is 6.10. The highest BCUT2D eigenvalue weighted by Gasteiger charge is 2.53. The number of carbonyl (C=O) groups is 1. The van der Waals surface area contributed by atoms with Crippen molar-refractivity contribution >= 4 is 5.97 Å². The van der Waals surface area contributed by atoms with Gasteiger partial charge in [0.15, 0.2) is 5.60 Å². The van der Waals surface area contributed by atoms with Crippen LogP contribution in [-0.4, -0.2) is 11.1 Å². The van der Waals surface area contributed by atoms with Crippen LogP contribution < -0.4 is 0 Å². The Balaban J connectivity index is 1.99. The Bertz CT molecular complexity index is 848. The Morgan fingerprint density at radius 3 is 1.88 bits per heavy atom. The maximum Gasteiger partial charge on any atom is 0.307 e. The summed E-state index contributed by atoms with van der Waals surface area (Å²) in [6.07, 6.45) is 0.224. The molecule has 0 aromatic heterocycles. The molecule has 0 unspecified atom stereocenters. The lowest BCUT2D eigenvalue weighted by atomic mass is 9.73. The fourth-order valence-corrected chi connectivity index (χ4v) is 3.77. The van der Waals surface area contributed by atoms with Gasteiger partial charge >= 0.3 is 5.97 Å². The third kappa shape index (κ3) is 2.49. The van der Waals surface area contributed by atoms with Crippen LogP contribution in [0.2, 0.25) is 0 Å². The molecule has 0 spiro atoms. The van der Waals surface area contributed by atoms with Crippen molar-refractivity contribution in [3.8, 4) is 5.75 Å². The summed E-state index contributed by atoms with van der Waals surface area (Å²) in [5.74, 6) is -0.381. The molecule has 1 N–H and O–H groups in total. The molecule has 124 valence electrons. The number of phenols is 1. The number of phenolic OH excluding ortho intramolecular Hbond substituents is 1. The minimum absolute atomic E-state index is 0.182. The van der Waals surface area contributed by atoms with Crippen molar-refractivity contribution in [3.63, 3.8) is 0 Å². The highest BCUT2D eigenvalue weighted by atomic mass is 16.6. The Kier molecular flexibility index (Phi) is 3.77. The van der Waals surface area contributed by atoms with Gasteiger partial charge in [0.25, 0.3) is 0 Å². The Morgan fingerprint density at radius 2 is 1.32 bits per heavy atom. The fraction of sp³-hybridized carbons (Fsp3) is 0.136. The predicted molar refractivity (Wildman–Crippen MR) is 95.2 cm³/mol. The summed E-state index contributed by atoms with van der Waals surface area (Å²) in [5.41, 5.74) is 1.58. The first-order valence-electron chi connectivity index (χ1n) is 8.32. The summed E-state index contributed by atoms with van der Waals surface area (Å²) >= 11 is 0. The van der Waals surface area contributed by atoms with E-state index in [4.69, 9.17) is 4.74 Å². The maximum atomic E-state index is 12.4.